The number of carbonyl (C=O) groups is 1. The van der Waals surface area contributed by atoms with Gasteiger partial charge < -0.3 is 10.2 Å². The zero-order valence-electron chi connectivity index (χ0n) is 16.8. The lowest BCUT2D eigenvalue weighted by Gasteiger charge is -2.36. The van der Waals surface area contributed by atoms with Crippen molar-refractivity contribution in [3.63, 3.8) is 0 Å². The minimum atomic E-state index is -0.614. The van der Waals surface area contributed by atoms with E-state index in [1.54, 1.807) is 0 Å². The van der Waals surface area contributed by atoms with Crippen LogP contribution >= 0.6 is 0 Å². The molecule has 1 aliphatic carbocycles. The lowest BCUT2D eigenvalue weighted by molar-refractivity contribution is -0.124. The van der Waals surface area contributed by atoms with Crippen LogP contribution in [-0.4, -0.2) is 49.1 Å². The second-order valence-electron chi connectivity index (χ2n) is 8.85. The number of rotatable bonds is 5. The van der Waals surface area contributed by atoms with E-state index < -0.39 is 5.54 Å². The van der Waals surface area contributed by atoms with Crippen molar-refractivity contribution in [2.75, 3.05) is 37.6 Å². The topological polar surface area (TPSA) is 59.4 Å². The summed E-state index contributed by atoms with van der Waals surface area (Å²) in [6, 6.07) is 11.2. The number of likely N-dealkylation sites (tertiary alicyclic amines) is 1. The van der Waals surface area contributed by atoms with Crippen molar-refractivity contribution >= 4 is 11.6 Å². The zero-order valence-corrected chi connectivity index (χ0v) is 16.8. The maximum atomic E-state index is 12.5. The van der Waals surface area contributed by atoms with Gasteiger partial charge in [-0.25, -0.2) is 0 Å². The van der Waals surface area contributed by atoms with Crippen LogP contribution in [0.1, 0.15) is 50.5 Å². The molecule has 4 rings (SSSR count). The van der Waals surface area contributed by atoms with Crippen LogP contribution in [0.15, 0.2) is 24.3 Å². The van der Waals surface area contributed by atoms with E-state index in [1.807, 2.05) is 0 Å². The summed E-state index contributed by atoms with van der Waals surface area (Å²) in [6.07, 6.45) is 8.32. The molecule has 5 nitrogen and oxygen atoms in total. The van der Waals surface area contributed by atoms with E-state index in [2.05, 4.69) is 45.5 Å². The minimum Gasteiger partial charge on any atom is -0.371 e. The van der Waals surface area contributed by atoms with E-state index in [1.165, 1.54) is 17.7 Å². The quantitative estimate of drug-likeness (QED) is 0.853. The largest absolute Gasteiger partial charge is 0.371 e. The van der Waals surface area contributed by atoms with Crippen LogP contribution < -0.4 is 10.2 Å². The molecule has 1 aromatic rings. The van der Waals surface area contributed by atoms with Gasteiger partial charge in [0.25, 0.3) is 0 Å². The predicted octanol–water partition coefficient (Wildman–Crippen LogP) is 3.10. The van der Waals surface area contributed by atoms with Crippen LogP contribution in [0.4, 0.5) is 5.69 Å². The summed E-state index contributed by atoms with van der Waals surface area (Å²) in [4.78, 5) is 17.3. The van der Waals surface area contributed by atoms with Crippen molar-refractivity contribution < 1.29 is 4.79 Å². The molecule has 2 heterocycles. The molecule has 2 aliphatic heterocycles. The normalized spacial score (nSPS) is 22.5. The first kappa shape index (κ1) is 19.3. The molecular formula is C23H32N4O. The molecule has 1 saturated heterocycles. The number of hydrogen-bond donors (Lipinski definition) is 1. The van der Waals surface area contributed by atoms with Crippen LogP contribution in [0.5, 0.6) is 0 Å². The third-order valence-electron chi connectivity index (χ3n) is 6.84. The fourth-order valence-electron chi connectivity index (χ4n) is 5.16. The highest BCUT2D eigenvalue weighted by molar-refractivity contribution is 5.79. The maximum Gasteiger partial charge on any atom is 0.235 e. The molecule has 1 aromatic carbocycles. The fraction of sp³-hybridized carbons (Fsp3) is 0.652. The average molecular weight is 381 g/mol. The number of benzene rings is 1. The second kappa shape index (κ2) is 8.53. The predicted molar refractivity (Wildman–Crippen MR) is 111 cm³/mol. The molecule has 5 heteroatoms. The Kier molecular flexibility index (Phi) is 5.87. The molecule has 150 valence electrons. The maximum absolute atomic E-state index is 12.5. The zero-order chi connectivity index (χ0) is 19.4. The van der Waals surface area contributed by atoms with Crippen molar-refractivity contribution in [2.45, 2.75) is 56.9 Å². The Morgan fingerprint density at radius 2 is 1.89 bits per heavy atom. The molecule has 28 heavy (non-hydrogen) atoms. The van der Waals surface area contributed by atoms with E-state index in [0.717, 1.165) is 71.1 Å². The van der Waals surface area contributed by atoms with Gasteiger partial charge in [0.1, 0.15) is 5.54 Å². The van der Waals surface area contributed by atoms with Crippen molar-refractivity contribution in [3.8, 4) is 6.07 Å². The molecule has 3 aliphatic rings. The van der Waals surface area contributed by atoms with Gasteiger partial charge in [0.2, 0.25) is 5.91 Å². The molecule has 0 radical (unpaired) electrons. The molecule has 2 fully saturated rings. The van der Waals surface area contributed by atoms with Crippen LogP contribution in [0, 0.1) is 17.2 Å². The monoisotopic (exact) mass is 380 g/mol. The van der Waals surface area contributed by atoms with Gasteiger partial charge in [0, 0.05) is 18.8 Å². The number of nitrogens with one attached hydrogen (secondary N) is 1. The lowest BCUT2D eigenvalue weighted by atomic mass is 9.83. The summed E-state index contributed by atoms with van der Waals surface area (Å²) in [5, 5.41) is 12.6. The summed E-state index contributed by atoms with van der Waals surface area (Å²) in [5.74, 6) is 0.727. The number of nitrogens with zero attached hydrogens (tertiary/aromatic N) is 3. The van der Waals surface area contributed by atoms with Crippen molar-refractivity contribution in [2.24, 2.45) is 5.92 Å². The number of fused-ring (bicyclic) bond motifs is 1. The number of amides is 1. The van der Waals surface area contributed by atoms with Crippen molar-refractivity contribution in [1.29, 1.82) is 5.26 Å². The van der Waals surface area contributed by atoms with Gasteiger partial charge in [-0.15, -0.1) is 0 Å². The highest BCUT2D eigenvalue weighted by atomic mass is 16.2. The van der Waals surface area contributed by atoms with Gasteiger partial charge >= 0.3 is 0 Å². The Morgan fingerprint density at radius 3 is 2.64 bits per heavy atom. The van der Waals surface area contributed by atoms with E-state index in [4.69, 9.17) is 0 Å². The number of piperidine rings is 1. The Morgan fingerprint density at radius 1 is 1.14 bits per heavy atom. The van der Waals surface area contributed by atoms with Gasteiger partial charge in [0.05, 0.1) is 12.6 Å². The Hall–Kier alpha value is -2.06. The Labute approximate surface area is 168 Å². The lowest BCUT2D eigenvalue weighted by Crippen LogP contribution is -2.52. The molecule has 0 aromatic heterocycles. The first-order chi connectivity index (χ1) is 13.7. The Balaban J connectivity index is 1.22. The van der Waals surface area contributed by atoms with Crippen LogP contribution in [0.3, 0.4) is 0 Å². The standard InChI is InChI=1S/C23H32N4O/c24-18-23(11-4-1-5-12-23)25-22(28)17-26-13-8-19(9-14-26)16-27-15-10-20-6-2-3-7-21(20)27/h2-3,6-7,19H,1,4-5,8-17H2,(H,25,28). The molecule has 1 N–H and O–H groups in total. The number of para-hydroxylation sites is 1. The van der Waals surface area contributed by atoms with Gasteiger partial charge in [0.15, 0.2) is 0 Å². The van der Waals surface area contributed by atoms with Gasteiger partial charge in [-0.1, -0.05) is 37.5 Å². The third kappa shape index (κ3) is 4.33. The third-order valence-corrected chi connectivity index (χ3v) is 6.84. The Bertz CT molecular complexity index is 726. The number of hydrogen-bond acceptors (Lipinski definition) is 4. The summed E-state index contributed by atoms with van der Waals surface area (Å²) in [7, 11) is 0. The minimum absolute atomic E-state index is 0.0235. The SMILES string of the molecule is N#CC1(NC(=O)CN2CCC(CN3CCc4ccccc43)CC2)CCCCC1. The van der Waals surface area contributed by atoms with E-state index >= 15 is 0 Å². The van der Waals surface area contributed by atoms with Gasteiger partial charge in [-0.3, -0.25) is 9.69 Å². The second-order valence-corrected chi connectivity index (χ2v) is 8.85. The summed E-state index contributed by atoms with van der Waals surface area (Å²) < 4.78 is 0. The highest BCUT2D eigenvalue weighted by Crippen LogP contribution is 2.30. The average Bonchev–Trinajstić information content (AvgIpc) is 3.13. The van der Waals surface area contributed by atoms with Crippen molar-refractivity contribution in [1.82, 2.24) is 10.2 Å². The van der Waals surface area contributed by atoms with Crippen LogP contribution in [0.2, 0.25) is 0 Å². The van der Waals surface area contributed by atoms with Crippen LogP contribution in [0.25, 0.3) is 0 Å². The summed E-state index contributed by atoms with van der Waals surface area (Å²) in [6.45, 7) is 4.66. The van der Waals surface area contributed by atoms with E-state index in [9.17, 15) is 10.1 Å². The number of nitriles is 1. The molecule has 0 atom stereocenters. The van der Waals surface area contributed by atoms with Crippen molar-refractivity contribution in [3.05, 3.63) is 29.8 Å². The van der Waals surface area contributed by atoms with E-state index in [-0.39, 0.29) is 5.91 Å². The number of carbonyl (C=O) groups excluding carboxylic acids is 1. The van der Waals surface area contributed by atoms with E-state index in [0.29, 0.717) is 12.5 Å². The molecule has 0 spiro atoms. The molecule has 0 unspecified atom stereocenters. The molecule has 1 amide bonds. The summed E-state index contributed by atoms with van der Waals surface area (Å²) in [5.41, 5.74) is 2.28. The first-order valence-electron chi connectivity index (χ1n) is 10.9. The molecule has 0 bridgehead atoms. The first-order valence-corrected chi connectivity index (χ1v) is 10.9. The fourth-order valence-corrected chi connectivity index (χ4v) is 5.16. The highest BCUT2D eigenvalue weighted by Gasteiger charge is 2.34. The molecule has 1 saturated carbocycles. The number of anilines is 1. The van der Waals surface area contributed by atoms with Crippen LogP contribution in [-0.2, 0) is 11.2 Å². The molecular weight excluding hydrogens is 348 g/mol. The van der Waals surface area contributed by atoms with Gasteiger partial charge in [-0.05, 0) is 62.7 Å². The summed E-state index contributed by atoms with van der Waals surface area (Å²) >= 11 is 0. The smallest absolute Gasteiger partial charge is 0.235 e. The van der Waals surface area contributed by atoms with Gasteiger partial charge in [-0.2, -0.15) is 5.26 Å².